The van der Waals surface area contributed by atoms with Crippen LogP contribution in [0.3, 0.4) is 0 Å². The highest BCUT2D eigenvalue weighted by Crippen LogP contribution is 2.38. The Balaban J connectivity index is 1.26. The Hall–Kier alpha value is -3.58. The monoisotopic (exact) mass is 620 g/mol. The molecule has 0 spiro atoms. The number of nitrogens with one attached hydrogen (secondary N) is 3. The van der Waals surface area contributed by atoms with E-state index in [1.807, 2.05) is 18.2 Å². The molecule has 3 aliphatic rings. The van der Waals surface area contributed by atoms with Crippen molar-refractivity contribution in [2.75, 3.05) is 69.0 Å². The summed E-state index contributed by atoms with van der Waals surface area (Å²) in [5, 5.41) is 6.07. The lowest BCUT2D eigenvalue weighted by molar-refractivity contribution is 0.0982. The Labute approximate surface area is 260 Å². The van der Waals surface area contributed by atoms with Crippen molar-refractivity contribution in [3.63, 3.8) is 0 Å². The van der Waals surface area contributed by atoms with Gasteiger partial charge in [0.25, 0.3) is 0 Å². The first-order valence-electron chi connectivity index (χ1n) is 15.4. The molecule has 1 aromatic heterocycles. The SMILES string of the molecule is COc1cc(N2CCC(N3CCN(C)CC3)CC2)ccc1C1(N)N=C(Nc2ccccc2S(=O)(=O)C(C)C)c2[nH]ccc2N1. The number of nitrogens with zero attached hydrogens (tertiary/aromatic N) is 4. The molecule has 236 valence electrons. The van der Waals surface area contributed by atoms with Crippen LogP contribution in [0.1, 0.15) is 37.9 Å². The second-order valence-corrected chi connectivity index (χ2v) is 14.7. The van der Waals surface area contributed by atoms with Gasteiger partial charge in [-0.05, 0) is 64.1 Å². The lowest BCUT2D eigenvalue weighted by Crippen LogP contribution is -2.52. The number of fused-ring (bicyclic) bond motifs is 1. The average molecular weight is 621 g/mol. The number of piperazine rings is 1. The molecular formula is C32H44N8O3S. The summed E-state index contributed by atoms with van der Waals surface area (Å²) in [4.78, 5) is 15.8. The molecule has 0 aliphatic carbocycles. The molecule has 2 saturated heterocycles. The van der Waals surface area contributed by atoms with E-state index in [0.29, 0.717) is 34.6 Å². The molecule has 2 fully saturated rings. The Morgan fingerprint density at radius 3 is 2.48 bits per heavy atom. The third kappa shape index (κ3) is 5.79. The predicted molar refractivity (Wildman–Crippen MR) is 177 cm³/mol. The maximum atomic E-state index is 13.1. The molecule has 0 amide bonds. The van der Waals surface area contributed by atoms with Gasteiger partial charge >= 0.3 is 0 Å². The lowest BCUT2D eigenvalue weighted by atomic mass is 10.00. The van der Waals surface area contributed by atoms with E-state index in [4.69, 9.17) is 15.5 Å². The number of methoxy groups -OCH3 is 1. The molecule has 1 unspecified atom stereocenters. The number of hydrogen-bond donors (Lipinski definition) is 4. The van der Waals surface area contributed by atoms with E-state index in [9.17, 15) is 8.42 Å². The standard InChI is InChI=1S/C32H44N8O3S/c1-22(2)44(41,42)29-8-6-5-7-26(29)35-31-30-27(11-14-34-30)36-32(33,37-31)25-10-9-24(21-28(25)43-4)39-15-12-23(13-16-39)40-19-17-38(3)18-20-40/h5-11,14,21-23,34,36H,12-13,15-20,33H2,1-4H3,(H,35,37). The topological polar surface area (TPSA) is 131 Å². The molecule has 2 aromatic carbocycles. The number of rotatable bonds is 7. The highest BCUT2D eigenvalue weighted by Gasteiger charge is 2.37. The molecule has 3 aliphatic heterocycles. The van der Waals surface area contributed by atoms with Gasteiger partial charge in [-0.2, -0.15) is 0 Å². The molecule has 6 rings (SSSR count). The summed E-state index contributed by atoms with van der Waals surface area (Å²) < 4.78 is 32.2. The van der Waals surface area contributed by atoms with Gasteiger partial charge in [-0.15, -0.1) is 0 Å². The van der Waals surface area contributed by atoms with Gasteiger partial charge in [-0.1, -0.05) is 12.1 Å². The lowest BCUT2D eigenvalue weighted by Gasteiger charge is -2.42. The fourth-order valence-electron chi connectivity index (χ4n) is 6.42. The normalized spacial score (nSPS) is 22.0. The molecule has 0 bridgehead atoms. The second-order valence-electron chi connectivity index (χ2n) is 12.3. The van der Waals surface area contributed by atoms with Gasteiger partial charge in [-0.3, -0.25) is 10.6 Å². The molecular weight excluding hydrogens is 576 g/mol. The number of hydrogen-bond acceptors (Lipinski definition) is 10. The van der Waals surface area contributed by atoms with Gasteiger partial charge in [0.1, 0.15) is 11.4 Å². The zero-order valence-corrected chi connectivity index (χ0v) is 26.8. The number of ether oxygens (including phenoxy) is 1. The van der Waals surface area contributed by atoms with Crippen molar-refractivity contribution in [1.29, 1.82) is 0 Å². The third-order valence-electron chi connectivity index (χ3n) is 9.14. The van der Waals surface area contributed by atoms with E-state index >= 15 is 0 Å². The molecule has 0 radical (unpaired) electrons. The van der Waals surface area contributed by atoms with Crippen molar-refractivity contribution >= 4 is 32.7 Å². The Kier molecular flexibility index (Phi) is 8.35. The summed E-state index contributed by atoms with van der Waals surface area (Å²) in [6.45, 7) is 9.90. The van der Waals surface area contributed by atoms with E-state index in [1.54, 1.807) is 51.4 Å². The van der Waals surface area contributed by atoms with Crippen molar-refractivity contribution in [2.24, 2.45) is 10.7 Å². The summed E-state index contributed by atoms with van der Waals surface area (Å²) >= 11 is 0. The van der Waals surface area contributed by atoms with Gasteiger partial charge in [0.05, 0.1) is 34.2 Å². The minimum atomic E-state index is -3.55. The smallest absolute Gasteiger partial charge is 0.215 e. The van der Waals surface area contributed by atoms with Gasteiger partial charge in [0, 0.05) is 63.3 Å². The van der Waals surface area contributed by atoms with Gasteiger partial charge < -0.3 is 30.2 Å². The summed E-state index contributed by atoms with van der Waals surface area (Å²) in [5.41, 5.74) is 10.6. The van der Waals surface area contributed by atoms with Crippen molar-refractivity contribution < 1.29 is 13.2 Å². The summed E-state index contributed by atoms with van der Waals surface area (Å²) in [7, 11) is 0.298. The van der Waals surface area contributed by atoms with Crippen LogP contribution in [0.25, 0.3) is 0 Å². The fourth-order valence-corrected chi connectivity index (χ4v) is 7.62. The van der Waals surface area contributed by atoms with Crippen molar-refractivity contribution in [2.45, 2.75) is 48.7 Å². The molecule has 4 heterocycles. The number of para-hydroxylation sites is 1. The number of H-pyrrole nitrogens is 1. The number of aromatic amines is 1. The largest absolute Gasteiger partial charge is 0.496 e. The minimum Gasteiger partial charge on any atom is -0.496 e. The first-order chi connectivity index (χ1) is 21.1. The minimum absolute atomic E-state index is 0.213. The van der Waals surface area contributed by atoms with Crippen LogP contribution in [0.15, 0.2) is 64.6 Å². The third-order valence-corrected chi connectivity index (χ3v) is 11.4. The fraction of sp³-hybridized carbons (Fsp3) is 0.469. The number of anilines is 3. The Morgan fingerprint density at radius 2 is 1.77 bits per heavy atom. The van der Waals surface area contributed by atoms with Gasteiger partial charge in [0.15, 0.2) is 15.7 Å². The summed E-state index contributed by atoms with van der Waals surface area (Å²) in [5.74, 6) is -0.319. The quantitative estimate of drug-likeness (QED) is 0.314. The Bertz CT molecular complexity index is 1620. The number of aliphatic imine (C=N–C) groups is 1. The van der Waals surface area contributed by atoms with Crippen LogP contribution in [-0.4, -0.2) is 93.8 Å². The zero-order chi connectivity index (χ0) is 31.1. The Morgan fingerprint density at radius 1 is 1.05 bits per heavy atom. The van der Waals surface area contributed by atoms with Crippen molar-refractivity contribution in [1.82, 2.24) is 14.8 Å². The van der Waals surface area contributed by atoms with E-state index in [1.165, 1.54) is 0 Å². The van der Waals surface area contributed by atoms with E-state index in [2.05, 4.69) is 43.4 Å². The number of amidine groups is 1. The summed E-state index contributed by atoms with van der Waals surface area (Å²) in [6.07, 6.45) is 4.07. The zero-order valence-electron chi connectivity index (χ0n) is 26.0. The van der Waals surface area contributed by atoms with Crippen LogP contribution in [-0.2, 0) is 15.6 Å². The van der Waals surface area contributed by atoms with Gasteiger partial charge in [0.2, 0.25) is 5.79 Å². The van der Waals surface area contributed by atoms with E-state index < -0.39 is 20.9 Å². The van der Waals surface area contributed by atoms with Crippen molar-refractivity contribution in [3.8, 4) is 5.75 Å². The second kappa shape index (κ2) is 12.1. The number of nitrogens with two attached hydrogens (primary N) is 1. The first kappa shape index (κ1) is 30.4. The number of piperidine rings is 1. The molecule has 3 aromatic rings. The van der Waals surface area contributed by atoms with E-state index in [0.717, 1.165) is 63.5 Å². The predicted octanol–water partition coefficient (Wildman–Crippen LogP) is 3.48. The maximum absolute atomic E-state index is 13.1. The molecule has 11 nitrogen and oxygen atoms in total. The highest BCUT2D eigenvalue weighted by molar-refractivity contribution is 7.92. The molecule has 5 N–H and O–H groups in total. The number of sulfone groups is 1. The molecule has 1 atom stereocenters. The summed E-state index contributed by atoms with van der Waals surface area (Å²) in [6, 6.07) is 15.5. The van der Waals surface area contributed by atoms with Crippen LogP contribution in [0.4, 0.5) is 17.1 Å². The van der Waals surface area contributed by atoms with E-state index in [-0.39, 0.29) is 4.90 Å². The number of aromatic nitrogens is 1. The van der Waals surface area contributed by atoms with Crippen LogP contribution in [0, 0.1) is 0 Å². The van der Waals surface area contributed by atoms with Crippen LogP contribution in [0.5, 0.6) is 5.75 Å². The van der Waals surface area contributed by atoms with Crippen molar-refractivity contribution in [3.05, 3.63) is 66.0 Å². The number of likely N-dealkylation sites (N-methyl/N-ethyl adjacent to an activating group) is 1. The average Bonchev–Trinajstić information content (AvgIpc) is 3.50. The first-order valence-corrected chi connectivity index (χ1v) is 16.9. The number of benzene rings is 2. The van der Waals surface area contributed by atoms with Crippen LogP contribution < -0.4 is 26.0 Å². The maximum Gasteiger partial charge on any atom is 0.215 e. The van der Waals surface area contributed by atoms with Crippen LogP contribution >= 0.6 is 0 Å². The van der Waals surface area contributed by atoms with Crippen LogP contribution in [0.2, 0.25) is 0 Å². The molecule has 12 heteroatoms. The highest BCUT2D eigenvalue weighted by atomic mass is 32.2. The van der Waals surface area contributed by atoms with Gasteiger partial charge in [-0.25, -0.2) is 13.4 Å². The molecule has 0 saturated carbocycles. The molecule has 44 heavy (non-hydrogen) atoms.